The average molecular weight is 270 g/mol. The van der Waals surface area contributed by atoms with Gasteiger partial charge in [0.2, 0.25) is 0 Å². The molecule has 0 bridgehead atoms. The summed E-state index contributed by atoms with van der Waals surface area (Å²) in [6.45, 7) is 9.87. The second-order valence-corrected chi connectivity index (χ2v) is 5.05. The Morgan fingerprint density at radius 2 is 1.89 bits per heavy atom. The Balaban J connectivity index is 2.25. The van der Waals surface area contributed by atoms with E-state index >= 15 is 0 Å². The zero-order valence-electron chi connectivity index (χ0n) is 11.7. The molecular formula is C15H24ClNO. The van der Waals surface area contributed by atoms with Gasteiger partial charge >= 0.3 is 0 Å². The van der Waals surface area contributed by atoms with E-state index in [1.54, 1.807) is 0 Å². The van der Waals surface area contributed by atoms with Gasteiger partial charge in [0.1, 0.15) is 0 Å². The highest BCUT2D eigenvalue weighted by Gasteiger charge is 2.02. The van der Waals surface area contributed by atoms with Crippen LogP contribution in [0.3, 0.4) is 0 Å². The van der Waals surface area contributed by atoms with Crippen molar-refractivity contribution in [3.05, 3.63) is 33.8 Å². The first-order valence-electron chi connectivity index (χ1n) is 6.69. The molecule has 0 aliphatic carbocycles. The lowest BCUT2D eigenvalue weighted by Crippen LogP contribution is -2.20. The van der Waals surface area contributed by atoms with Crippen molar-refractivity contribution in [1.82, 2.24) is 5.32 Å². The van der Waals surface area contributed by atoms with Crippen molar-refractivity contribution in [2.75, 3.05) is 26.3 Å². The zero-order chi connectivity index (χ0) is 13.4. The molecule has 3 heteroatoms. The summed E-state index contributed by atoms with van der Waals surface area (Å²) in [4.78, 5) is 0. The lowest BCUT2D eigenvalue weighted by Gasteiger charge is -2.09. The van der Waals surface area contributed by atoms with E-state index in [4.69, 9.17) is 16.3 Å². The minimum atomic E-state index is 0.774. The predicted molar refractivity (Wildman–Crippen MR) is 78.6 cm³/mol. The summed E-state index contributed by atoms with van der Waals surface area (Å²) in [6, 6.07) is 4.20. The number of nitrogens with one attached hydrogen (secondary N) is 1. The molecule has 18 heavy (non-hydrogen) atoms. The third-order valence-corrected chi connectivity index (χ3v) is 3.39. The quantitative estimate of drug-likeness (QED) is 0.729. The fourth-order valence-corrected chi connectivity index (χ4v) is 2.06. The van der Waals surface area contributed by atoms with Crippen molar-refractivity contribution in [3.8, 4) is 0 Å². The topological polar surface area (TPSA) is 21.3 Å². The number of hydrogen-bond acceptors (Lipinski definition) is 2. The third kappa shape index (κ3) is 5.38. The molecule has 0 aliphatic heterocycles. The molecule has 0 amide bonds. The molecule has 0 atom stereocenters. The van der Waals surface area contributed by atoms with Crippen LogP contribution in [0.15, 0.2) is 12.1 Å². The van der Waals surface area contributed by atoms with Crippen molar-refractivity contribution < 1.29 is 4.74 Å². The second kappa shape index (κ2) is 8.52. The van der Waals surface area contributed by atoms with Gasteiger partial charge < -0.3 is 10.1 Å². The number of ether oxygens (including phenoxy) is 1. The number of aryl methyl sites for hydroxylation is 2. The molecule has 1 aromatic rings. The smallest absolute Gasteiger partial charge is 0.0591 e. The van der Waals surface area contributed by atoms with E-state index in [-0.39, 0.29) is 0 Å². The highest BCUT2D eigenvalue weighted by molar-refractivity contribution is 6.31. The molecule has 0 saturated carbocycles. The fraction of sp³-hybridized carbons (Fsp3) is 0.600. The van der Waals surface area contributed by atoms with E-state index in [2.05, 4.69) is 25.2 Å². The largest absolute Gasteiger partial charge is 0.380 e. The first kappa shape index (κ1) is 15.5. The SMILES string of the molecule is CCCNCCOCCc1cc(C)c(Cl)cc1C. The van der Waals surface area contributed by atoms with Gasteiger partial charge in [-0.25, -0.2) is 0 Å². The molecule has 0 radical (unpaired) electrons. The maximum absolute atomic E-state index is 6.08. The third-order valence-electron chi connectivity index (χ3n) is 2.98. The van der Waals surface area contributed by atoms with Crippen LogP contribution in [0.2, 0.25) is 5.02 Å². The van der Waals surface area contributed by atoms with Gasteiger partial charge in [0, 0.05) is 11.6 Å². The Kier molecular flexibility index (Phi) is 7.33. The van der Waals surface area contributed by atoms with Crippen molar-refractivity contribution in [1.29, 1.82) is 0 Å². The Labute approximate surface area is 116 Å². The van der Waals surface area contributed by atoms with Crippen molar-refractivity contribution >= 4 is 11.6 Å². The summed E-state index contributed by atoms with van der Waals surface area (Å²) in [5.41, 5.74) is 3.72. The van der Waals surface area contributed by atoms with Crippen LogP contribution in [0.1, 0.15) is 30.0 Å². The van der Waals surface area contributed by atoms with Crippen molar-refractivity contribution in [2.45, 2.75) is 33.6 Å². The number of rotatable bonds is 8. The summed E-state index contributed by atoms with van der Waals surface area (Å²) in [6.07, 6.45) is 2.13. The minimum Gasteiger partial charge on any atom is -0.380 e. The van der Waals surface area contributed by atoms with Gasteiger partial charge in [-0.3, -0.25) is 0 Å². The Morgan fingerprint density at radius 1 is 1.11 bits per heavy atom. The molecule has 1 rings (SSSR count). The minimum absolute atomic E-state index is 0.774. The maximum Gasteiger partial charge on any atom is 0.0591 e. The Hall–Kier alpha value is -0.570. The molecule has 0 unspecified atom stereocenters. The Morgan fingerprint density at radius 3 is 2.61 bits per heavy atom. The molecule has 0 fully saturated rings. The normalized spacial score (nSPS) is 10.9. The monoisotopic (exact) mass is 269 g/mol. The van der Waals surface area contributed by atoms with Crippen LogP contribution in [-0.4, -0.2) is 26.3 Å². The van der Waals surface area contributed by atoms with Crippen LogP contribution in [0, 0.1) is 13.8 Å². The van der Waals surface area contributed by atoms with Gasteiger partial charge in [0.25, 0.3) is 0 Å². The van der Waals surface area contributed by atoms with Gasteiger partial charge in [-0.15, -0.1) is 0 Å². The first-order chi connectivity index (χ1) is 8.65. The van der Waals surface area contributed by atoms with Gasteiger partial charge in [-0.05, 0) is 56.0 Å². The van der Waals surface area contributed by atoms with Gasteiger partial charge in [-0.2, -0.15) is 0 Å². The first-order valence-corrected chi connectivity index (χ1v) is 7.07. The van der Waals surface area contributed by atoms with Crippen LogP contribution in [0.4, 0.5) is 0 Å². The predicted octanol–water partition coefficient (Wildman–Crippen LogP) is 3.52. The van der Waals surface area contributed by atoms with Crippen LogP contribution in [0.5, 0.6) is 0 Å². The average Bonchev–Trinajstić information content (AvgIpc) is 2.34. The van der Waals surface area contributed by atoms with Gasteiger partial charge in [-0.1, -0.05) is 24.6 Å². The second-order valence-electron chi connectivity index (χ2n) is 4.64. The van der Waals surface area contributed by atoms with Crippen molar-refractivity contribution in [2.24, 2.45) is 0 Å². The summed E-state index contributed by atoms with van der Waals surface area (Å²) in [7, 11) is 0. The molecule has 1 N–H and O–H groups in total. The molecule has 0 aromatic heterocycles. The molecule has 102 valence electrons. The van der Waals surface area contributed by atoms with Crippen LogP contribution >= 0.6 is 11.6 Å². The summed E-state index contributed by atoms with van der Waals surface area (Å²) in [5, 5.41) is 4.17. The zero-order valence-corrected chi connectivity index (χ0v) is 12.4. The summed E-state index contributed by atoms with van der Waals surface area (Å²) >= 11 is 6.08. The van der Waals surface area contributed by atoms with E-state index in [9.17, 15) is 0 Å². The molecular weight excluding hydrogens is 246 g/mol. The highest BCUT2D eigenvalue weighted by atomic mass is 35.5. The van der Waals surface area contributed by atoms with E-state index in [1.165, 1.54) is 17.5 Å². The molecule has 1 aromatic carbocycles. The standard InChI is InChI=1S/C15H24ClNO/c1-4-6-17-7-9-18-8-5-14-10-13(3)15(16)11-12(14)2/h10-11,17H,4-9H2,1-3H3. The van der Waals surface area contributed by atoms with Crippen LogP contribution in [-0.2, 0) is 11.2 Å². The summed E-state index contributed by atoms with van der Waals surface area (Å²) in [5.74, 6) is 0. The lowest BCUT2D eigenvalue weighted by molar-refractivity contribution is 0.139. The molecule has 0 heterocycles. The fourth-order valence-electron chi connectivity index (χ4n) is 1.84. The lowest BCUT2D eigenvalue weighted by atomic mass is 10.0. The number of hydrogen-bond donors (Lipinski definition) is 1. The highest BCUT2D eigenvalue weighted by Crippen LogP contribution is 2.20. The summed E-state index contributed by atoms with van der Waals surface area (Å²) < 4.78 is 5.61. The van der Waals surface area contributed by atoms with Crippen molar-refractivity contribution in [3.63, 3.8) is 0 Å². The number of halogens is 1. The maximum atomic E-state index is 6.08. The number of benzene rings is 1. The molecule has 0 saturated heterocycles. The van der Waals surface area contributed by atoms with Gasteiger partial charge in [0.05, 0.1) is 13.2 Å². The van der Waals surface area contributed by atoms with Gasteiger partial charge in [0.15, 0.2) is 0 Å². The van der Waals surface area contributed by atoms with E-state index in [0.717, 1.165) is 43.3 Å². The van der Waals surface area contributed by atoms with E-state index in [1.807, 2.05) is 13.0 Å². The van der Waals surface area contributed by atoms with Crippen LogP contribution in [0.25, 0.3) is 0 Å². The van der Waals surface area contributed by atoms with E-state index in [0.29, 0.717) is 0 Å². The Bertz CT molecular complexity index is 366. The molecule has 0 spiro atoms. The molecule has 2 nitrogen and oxygen atoms in total. The van der Waals surface area contributed by atoms with E-state index < -0.39 is 0 Å². The molecule has 0 aliphatic rings. The van der Waals surface area contributed by atoms with Crippen LogP contribution < -0.4 is 5.32 Å².